The molecule has 8 heteroatoms. The molecule has 1 unspecified atom stereocenters. The molecule has 3 aromatic carbocycles. The zero-order valence-corrected chi connectivity index (χ0v) is 19.7. The van der Waals surface area contributed by atoms with Crippen LogP contribution in [0.4, 0.5) is 9.52 Å². The summed E-state index contributed by atoms with van der Waals surface area (Å²) >= 11 is 7.34. The van der Waals surface area contributed by atoms with Crippen LogP contribution in [0, 0.1) is 19.7 Å². The Morgan fingerprint density at radius 1 is 1.09 bits per heavy atom. The lowest BCUT2D eigenvalue weighted by atomic mass is 9.93. The van der Waals surface area contributed by atoms with Gasteiger partial charge in [-0.05, 0) is 61.4 Å². The van der Waals surface area contributed by atoms with Crippen LogP contribution in [0.3, 0.4) is 0 Å². The molecule has 1 fully saturated rings. The van der Waals surface area contributed by atoms with Gasteiger partial charge in [-0.1, -0.05) is 52.8 Å². The second-order valence-corrected chi connectivity index (χ2v) is 9.60. The van der Waals surface area contributed by atoms with Crippen molar-refractivity contribution in [1.82, 2.24) is 4.98 Å². The molecule has 4 aromatic rings. The van der Waals surface area contributed by atoms with Crippen molar-refractivity contribution in [3.05, 3.63) is 99.3 Å². The highest BCUT2D eigenvalue weighted by atomic mass is 35.5. The largest absolute Gasteiger partial charge is 0.507 e. The molecule has 0 bridgehead atoms. The van der Waals surface area contributed by atoms with E-state index in [-0.39, 0.29) is 16.5 Å². The molecule has 1 N–H and O–H groups in total. The summed E-state index contributed by atoms with van der Waals surface area (Å²) in [4.78, 5) is 32.4. The van der Waals surface area contributed by atoms with Crippen LogP contribution < -0.4 is 4.90 Å². The summed E-state index contributed by atoms with van der Waals surface area (Å²) in [6, 6.07) is 15.5. The van der Waals surface area contributed by atoms with Crippen molar-refractivity contribution in [1.29, 1.82) is 0 Å². The number of hydrogen-bond acceptors (Lipinski definition) is 5. The highest BCUT2D eigenvalue weighted by Crippen LogP contribution is 2.45. The van der Waals surface area contributed by atoms with Gasteiger partial charge in [0.25, 0.3) is 5.78 Å². The number of nitrogens with zero attached hydrogens (tertiary/aromatic N) is 2. The van der Waals surface area contributed by atoms with Crippen LogP contribution in [0.1, 0.15) is 28.3 Å². The zero-order chi connectivity index (χ0) is 24.1. The van der Waals surface area contributed by atoms with Crippen LogP contribution in [0.15, 0.2) is 66.2 Å². The second-order valence-electron chi connectivity index (χ2n) is 8.15. The number of Topliss-reactive ketones (excluding diaryl/α,β-unsaturated/α-hetero) is 1. The smallest absolute Gasteiger partial charge is 0.301 e. The van der Waals surface area contributed by atoms with Gasteiger partial charge in [0.1, 0.15) is 11.6 Å². The standard InChI is InChI=1S/C26H18ClFN2O3S/c1-13-6-7-14(2)18(10-13)23(31)21-22(15-4-3-5-16(27)11-15)30(25(33)24(21)32)26-29-19-9-8-17(28)12-20(19)34-26/h3-12,22,31H,1-2H3. The number of aromatic nitrogens is 1. The van der Waals surface area contributed by atoms with E-state index in [1.807, 2.05) is 26.0 Å². The molecule has 34 heavy (non-hydrogen) atoms. The number of aliphatic hydroxyl groups excluding tert-OH is 1. The minimum absolute atomic E-state index is 0.0496. The molecule has 0 radical (unpaired) electrons. The molecule has 5 rings (SSSR count). The first-order valence-electron chi connectivity index (χ1n) is 10.4. The summed E-state index contributed by atoms with van der Waals surface area (Å²) in [5.41, 5.74) is 3.12. The minimum atomic E-state index is -0.955. The van der Waals surface area contributed by atoms with Crippen molar-refractivity contribution in [2.24, 2.45) is 0 Å². The molecule has 0 saturated carbocycles. The number of hydrogen-bond donors (Lipinski definition) is 1. The monoisotopic (exact) mass is 492 g/mol. The molecule has 1 amide bonds. The van der Waals surface area contributed by atoms with Crippen LogP contribution >= 0.6 is 22.9 Å². The minimum Gasteiger partial charge on any atom is -0.507 e. The van der Waals surface area contributed by atoms with Crippen molar-refractivity contribution in [2.75, 3.05) is 4.90 Å². The molecule has 1 atom stereocenters. The average molecular weight is 493 g/mol. The first-order chi connectivity index (χ1) is 16.2. The van der Waals surface area contributed by atoms with Gasteiger partial charge < -0.3 is 5.11 Å². The normalized spacial score (nSPS) is 17.6. The van der Waals surface area contributed by atoms with Crippen molar-refractivity contribution in [3.8, 4) is 0 Å². The van der Waals surface area contributed by atoms with Crippen molar-refractivity contribution in [3.63, 3.8) is 0 Å². The van der Waals surface area contributed by atoms with Gasteiger partial charge in [0.15, 0.2) is 5.13 Å². The summed E-state index contributed by atoms with van der Waals surface area (Å²) in [5, 5.41) is 12.0. The van der Waals surface area contributed by atoms with E-state index in [0.717, 1.165) is 22.5 Å². The van der Waals surface area contributed by atoms with Gasteiger partial charge in [0.2, 0.25) is 0 Å². The molecule has 1 aliphatic heterocycles. The fourth-order valence-electron chi connectivity index (χ4n) is 4.15. The van der Waals surface area contributed by atoms with E-state index in [9.17, 15) is 19.1 Å². The Bertz CT molecular complexity index is 1530. The molecular weight excluding hydrogens is 475 g/mol. The fourth-order valence-corrected chi connectivity index (χ4v) is 5.36. The number of fused-ring (bicyclic) bond motifs is 1. The molecule has 5 nitrogen and oxygen atoms in total. The van der Waals surface area contributed by atoms with E-state index in [2.05, 4.69) is 4.98 Å². The third kappa shape index (κ3) is 3.67. The van der Waals surface area contributed by atoms with Crippen LogP contribution in [0.25, 0.3) is 16.0 Å². The third-order valence-electron chi connectivity index (χ3n) is 5.80. The number of thiazole rings is 1. The van der Waals surface area contributed by atoms with Gasteiger partial charge in [-0.3, -0.25) is 14.5 Å². The number of anilines is 1. The molecule has 2 heterocycles. The first-order valence-corrected chi connectivity index (χ1v) is 11.6. The predicted octanol–water partition coefficient (Wildman–Crippen LogP) is 6.33. The lowest BCUT2D eigenvalue weighted by Crippen LogP contribution is -2.29. The van der Waals surface area contributed by atoms with Gasteiger partial charge >= 0.3 is 5.91 Å². The number of rotatable bonds is 3. The predicted molar refractivity (Wildman–Crippen MR) is 132 cm³/mol. The molecule has 1 saturated heterocycles. The SMILES string of the molecule is Cc1ccc(C)c(C(O)=C2C(=O)C(=O)N(c3nc4ccc(F)cc4s3)C2c2cccc(Cl)c2)c1. The fraction of sp³-hybridized carbons (Fsp3) is 0.115. The van der Waals surface area contributed by atoms with E-state index in [1.165, 1.54) is 23.1 Å². The first kappa shape index (κ1) is 22.3. The molecule has 1 aromatic heterocycles. The number of carbonyl (C=O) groups is 2. The van der Waals surface area contributed by atoms with Gasteiger partial charge in [0, 0.05) is 10.6 Å². The van der Waals surface area contributed by atoms with E-state index in [4.69, 9.17) is 11.6 Å². The van der Waals surface area contributed by atoms with Crippen molar-refractivity contribution >= 4 is 55.7 Å². The topological polar surface area (TPSA) is 70.5 Å². The van der Waals surface area contributed by atoms with Crippen LogP contribution in [0.2, 0.25) is 5.02 Å². The second kappa shape index (κ2) is 8.34. The molecule has 170 valence electrons. The Hall–Kier alpha value is -3.55. The summed E-state index contributed by atoms with van der Waals surface area (Å²) in [7, 11) is 0. The maximum absolute atomic E-state index is 13.8. The quantitative estimate of drug-likeness (QED) is 0.206. The number of carbonyl (C=O) groups excluding carboxylic acids is 2. The average Bonchev–Trinajstić information content (AvgIpc) is 3.33. The molecular formula is C26H18ClFN2O3S. The Balaban J connectivity index is 1.77. The Morgan fingerprint density at radius 2 is 1.88 bits per heavy atom. The van der Waals surface area contributed by atoms with E-state index < -0.39 is 23.5 Å². The Morgan fingerprint density at radius 3 is 2.65 bits per heavy atom. The number of benzene rings is 3. The molecule has 0 spiro atoms. The number of aliphatic hydroxyl groups is 1. The number of aryl methyl sites for hydroxylation is 2. The summed E-state index contributed by atoms with van der Waals surface area (Å²) in [6.45, 7) is 3.70. The van der Waals surface area contributed by atoms with E-state index >= 15 is 0 Å². The van der Waals surface area contributed by atoms with Crippen molar-refractivity contribution in [2.45, 2.75) is 19.9 Å². The lowest BCUT2D eigenvalue weighted by Gasteiger charge is -2.23. The number of halogens is 2. The van der Waals surface area contributed by atoms with Crippen LogP contribution in [-0.4, -0.2) is 21.8 Å². The van der Waals surface area contributed by atoms with Gasteiger partial charge in [-0.2, -0.15) is 0 Å². The maximum atomic E-state index is 13.8. The van der Waals surface area contributed by atoms with Gasteiger partial charge in [0.05, 0.1) is 21.8 Å². The number of ketones is 1. The van der Waals surface area contributed by atoms with E-state index in [1.54, 1.807) is 30.3 Å². The summed E-state index contributed by atoms with van der Waals surface area (Å²) in [6.07, 6.45) is 0. The van der Waals surface area contributed by atoms with Crippen LogP contribution in [0.5, 0.6) is 0 Å². The number of amides is 1. The zero-order valence-electron chi connectivity index (χ0n) is 18.2. The Kier molecular flexibility index (Phi) is 5.46. The highest BCUT2D eigenvalue weighted by molar-refractivity contribution is 7.22. The summed E-state index contributed by atoms with van der Waals surface area (Å²) < 4.78 is 14.3. The highest BCUT2D eigenvalue weighted by Gasteiger charge is 2.48. The third-order valence-corrected chi connectivity index (χ3v) is 7.05. The maximum Gasteiger partial charge on any atom is 0.301 e. The van der Waals surface area contributed by atoms with Crippen LogP contribution in [-0.2, 0) is 9.59 Å². The van der Waals surface area contributed by atoms with E-state index in [0.29, 0.717) is 26.4 Å². The summed E-state index contributed by atoms with van der Waals surface area (Å²) in [5.74, 6) is -2.34. The van der Waals surface area contributed by atoms with Gasteiger partial charge in [-0.25, -0.2) is 9.37 Å². The van der Waals surface area contributed by atoms with Crippen molar-refractivity contribution < 1.29 is 19.1 Å². The van der Waals surface area contributed by atoms with Gasteiger partial charge in [-0.15, -0.1) is 0 Å². The Labute approximate surface area is 203 Å². The molecule has 0 aliphatic carbocycles. The molecule has 1 aliphatic rings. The lowest BCUT2D eigenvalue weighted by molar-refractivity contribution is -0.132.